The van der Waals surface area contributed by atoms with Crippen molar-refractivity contribution in [2.75, 3.05) is 6.54 Å². The molecule has 1 unspecified atom stereocenters. The summed E-state index contributed by atoms with van der Waals surface area (Å²) in [7, 11) is 0. The molecule has 0 fully saturated rings. The van der Waals surface area contributed by atoms with Gasteiger partial charge in [-0.15, -0.1) is 0 Å². The van der Waals surface area contributed by atoms with Crippen molar-refractivity contribution in [3.63, 3.8) is 0 Å². The van der Waals surface area contributed by atoms with Crippen LogP contribution in [-0.2, 0) is 0 Å². The molecule has 250 valence electrons. The van der Waals surface area contributed by atoms with Gasteiger partial charge in [-0.3, -0.25) is 4.99 Å². The first-order chi connectivity index (χ1) is 25.6. The monoisotopic (exact) mass is 673 g/mol. The number of hydrogen-bond donors (Lipinski definition) is 2. The number of para-hydroxylation sites is 2. The molecule has 52 heavy (non-hydrogen) atoms. The van der Waals surface area contributed by atoms with Gasteiger partial charge in [0.15, 0.2) is 11.7 Å². The van der Waals surface area contributed by atoms with E-state index in [9.17, 15) is 0 Å². The Bertz CT molecular complexity index is 2530. The van der Waals surface area contributed by atoms with Crippen LogP contribution < -0.4 is 11.1 Å². The molecular formula is C45H35N7. The minimum absolute atomic E-state index is 0.218. The Balaban J connectivity index is 1.15. The van der Waals surface area contributed by atoms with E-state index in [-0.39, 0.29) is 6.04 Å². The zero-order valence-electron chi connectivity index (χ0n) is 28.4. The molecule has 0 saturated heterocycles. The van der Waals surface area contributed by atoms with Crippen molar-refractivity contribution in [2.45, 2.75) is 6.04 Å². The summed E-state index contributed by atoms with van der Waals surface area (Å²) in [6.45, 7) is 4.25. The smallest absolute Gasteiger partial charge is 0.161 e. The second-order valence-electron chi connectivity index (χ2n) is 12.5. The number of dihydropyridines is 1. The van der Waals surface area contributed by atoms with Gasteiger partial charge < -0.3 is 11.1 Å². The summed E-state index contributed by atoms with van der Waals surface area (Å²) in [6.07, 6.45) is 13.9. The van der Waals surface area contributed by atoms with E-state index in [1.807, 2.05) is 122 Å². The fraction of sp³-hybridized carbons (Fsp3) is 0.0444. The van der Waals surface area contributed by atoms with Crippen molar-refractivity contribution >= 4 is 40.2 Å². The van der Waals surface area contributed by atoms with Gasteiger partial charge in [-0.1, -0.05) is 127 Å². The van der Waals surface area contributed by atoms with Gasteiger partial charge in [0, 0.05) is 44.9 Å². The van der Waals surface area contributed by atoms with E-state index in [0.717, 1.165) is 72.3 Å². The third-order valence-electron chi connectivity index (χ3n) is 9.13. The van der Waals surface area contributed by atoms with Gasteiger partial charge >= 0.3 is 0 Å². The van der Waals surface area contributed by atoms with Gasteiger partial charge in [-0.05, 0) is 48.2 Å². The summed E-state index contributed by atoms with van der Waals surface area (Å²) in [4.78, 5) is 24.2. The number of pyridine rings is 2. The average Bonchev–Trinajstić information content (AvgIpc) is 3.21. The minimum Gasteiger partial charge on any atom is -0.361 e. The maximum absolute atomic E-state index is 6.46. The van der Waals surface area contributed by atoms with Crippen molar-refractivity contribution in [3.8, 4) is 22.5 Å². The van der Waals surface area contributed by atoms with Crippen LogP contribution in [0.4, 0.5) is 0 Å². The maximum Gasteiger partial charge on any atom is 0.161 e. The van der Waals surface area contributed by atoms with Crippen molar-refractivity contribution in [1.29, 1.82) is 0 Å². The molecule has 6 aromatic rings. The number of benzene rings is 4. The van der Waals surface area contributed by atoms with Crippen LogP contribution in [0.3, 0.4) is 0 Å². The Kier molecular flexibility index (Phi) is 9.07. The molecule has 1 atom stereocenters. The Hall–Kier alpha value is -6.83. The molecule has 1 aliphatic carbocycles. The van der Waals surface area contributed by atoms with Gasteiger partial charge in [-0.2, -0.15) is 0 Å². The lowest BCUT2D eigenvalue weighted by Crippen LogP contribution is -2.26. The normalized spacial score (nSPS) is 17.3. The number of aliphatic imine (C=N–C) groups is 3. The first kappa shape index (κ1) is 32.4. The van der Waals surface area contributed by atoms with Crippen LogP contribution in [0.15, 0.2) is 196 Å². The molecule has 1 aliphatic heterocycles. The van der Waals surface area contributed by atoms with Crippen LogP contribution in [0, 0.1) is 0 Å². The van der Waals surface area contributed by atoms with Crippen molar-refractivity contribution in [2.24, 2.45) is 20.7 Å². The third kappa shape index (κ3) is 6.81. The average molecular weight is 674 g/mol. The SMILES string of the molecule is C=NC(=NC(=NCC1=CC=CN/C1=C1/C=CC=CC1N)c1ccc(-c2ccc3ccccc3n2)cc1)c1ccc(-c2ccc3ccccc3n2)cc1. The van der Waals surface area contributed by atoms with Crippen molar-refractivity contribution < 1.29 is 0 Å². The summed E-state index contributed by atoms with van der Waals surface area (Å²) in [5, 5.41) is 5.61. The molecule has 0 spiro atoms. The number of amidine groups is 2. The van der Waals surface area contributed by atoms with Crippen LogP contribution in [-0.4, -0.2) is 40.9 Å². The van der Waals surface area contributed by atoms with E-state index in [1.165, 1.54) is 0 Å². The molecule has 0 bridgehead atoms. The van der Waals surface area contributed by atoms with E-state index in [2.05, 4.69) is 59.5 Å². The van der Waals surface area contributed by atoms with Crippen LogP contribution >= 0.6 is 0 Å². The summed E-state index contributed by atoms with van der Waals surface area (Å²) < 4.78 is 0. The highest BCUT2D eigenvalue weighted by atomic mass is 15.0. The van der Waals surface area contributed by atoms with Gasteiger partial charge in [-0.25, -0.2) is 20.0 Å². The molecular weight excluding hydrogens is 639 g/mol. The fourth-order valence-electron chi connectivity index (χ4n) is 6.36. The first-order valence-corrected chi connectivity index (χ1v) is 17.1. The zero-order chi connectivity index (χ0) is 35.3. The molecule has 3 N–H and O–H groups in total. The molecule has 4 aromatic carbocycles. The highest BCUT2D eigenvalue weighted by molar-refractivity contribution is 6.13. The minimum atomic E-state index is -0.218. The molecule has 2 aromatic heterocycles. The summed E-state index contributed by atoms with van der Waals surface area (Å²) in [5.41, 5.74) is 16.8. The molecule has 2 aliphatic rings. The lowest BCUT2D eigenvalue weighted by atomic mass is 9.95. The quantitative estimate of drug-likeness (QED) is 0.136. The number of nitrogens with zero attached hydrogens (tertiary/aromatic N) is 5. The number of allylic oxidation sites excluding steroid dienone is 4. The Morgan fingerprint density at radius 1 is 0.673 bits per heavy atom. The summed E-state index contributed by atoms with van der Waals surface area (Å²) in [6, 6.07) is 40.5. The molecule has 0 amide bonds. The van der Waals surface area contributed by atoms with E-state index in [1.54, 1.807) is 0 Å². The predicted octanol–water partition coefficient (Wildman–Crippen LogP) is 8.76. The van der Waals surface area contributed by atoms with Crippen LogP contribution in [0.5, 0.6) is 0 Å². The van der Waals surface area contributed by atoms with Crippen LogP contribution in [0.25, 0.3) is 44.3 Å². The second kappa shape index (κ2) is 14.6. The third-order valence-corrected chi connectivity index (χ3v) is 9.13. The number of hydrogen-bond acceptors (Lipinski definition) is 5. The van der Waals surface area contributed by atoms with Crippen LogP contribution in [0.2, 0.25) is 0 Å². The van der Waals surface area contributed by atoms with Gasteiger partial charge in [0.2, 0.25) is 0 Å². The molecule has 0 radical (unpaired) electrons. The Labute approximate surface area is 302 Å². The molecule has 0 saturated carbocycles. The largest absolute Gasteiger partial charge is 0.361 e. The van der Waals surface area contributed by atoms with E-state index >= 15 is 0 Å². The number of aromatic nitrogens is 2. The Morgan fingerprint density at radius 3 is 1.87 bits per heavy atom. The summed E-state index contributed by atoms with van der Waals surface area (Å²) in [5.74, 6) is 0.998. The van der Waals surface area contributed by atoms with Gasteiger partial charge in [0.05, 0.1) is 35.0 Å². The maximum atomic E-state index is 6.46. The topological polar surface area (TPSA) is 101 Å². The van der Waals surface area contributed by atoms with E-state index in [4.69, 9.17) is 25.7 Å². The van der Waals surface area contributed by atoms with Gasteiger partial charge in [0.1, 0.15) is 0 Å². The van der Waals surface area contributed by atoms with Crippen molar-refractivity contribution in [1.82, 2.24) is 15.3 Å². The summed E-state index contributed by atoms with van der Waals surface area (Å²) >= 11 is 0. The molecule has 7 nitrogen and oxygen atoms in total. The standard InChI is InChI=1S/C45H35N7/c1-47-44(34-20-16-32(17-21-34)41-26-24-30-9-2-6-14-39(30)50-41)52-45(49-29-36-11-8-28-48-43(36)37-12-4-5-13-38(37)46)35-22-18-33(19-23-35)42-27-25-31-10-3-7-15-40(31)51-42/h2-28,38,48H,1,29,46H2/b43-37-,49-45?,52-44?. The Morgan fingerprint density at radius 2 is 1.27 bits per heavy atom. The lowest BCUT2D eigenvalue weighted by molar-refractivity contribution is 0.898. The zero-order valence-corrected chi connectivity index (χ0v) is 28.4. The second-order valence-corrected chi connectivity index (χ2v) is 12.5. The van der Waals surface area contributed by atoms with Gasteiger partial charge in [0.25, 0.3) is 0 Å². The highest BCUT2D eigenvalue weighted by Crippen LogP contribution is 2.25. The number of rotatable bonds is 6. The highest BCUT2D eigenvalue weighted by Gasteiger charge is 2.17. The fourth-order valence-corrected chi connectivity index (χ4v) is 6.36. The number of fused-ring (bicyclic) bond motifs is 2. The van der Waals surface area contributed by atoms with E-state index in [0.29, 0.717) is 18.2 Å². The van der Waals surface area contributed by atoms with Crippen molar-refractivity contribution in [3.05, 3.63) is 192 Å². The lowest BCUT2D eigenvalue weighted by Gasteiger charge is -2.21. The number of nitrogens with two attached hydrogens (primary N) is 1. The predicted molar refractivity (Wildman–Crippen MR) is 215 cm³/mol. The van der Waals surface area contributed by atoms with E-state index < -0.39 is 0 Å². The molecule has 3 heterocycles. The van der Waals surface area contributed by atoms with Crippen LogP contribution in [0.1, 0.15) is 11.1 Å². The first-order valence-electron chi connectivity index (χ1n) is 17.1. The molecule has 8 rings (SSSR count). The number of nitrogens with one attached hydrogen (secondary N) is 1. The molecule has 7 heteroatoms.